The van der Waals surface area contributed by atoms with E-state index in [9.17, 15) is 4.79 Å². The van der Waals surface area contributed by atoms with Gasteiger partial charge in [-0.3, -0.25) is 9.78 Å². The third kappa shape index (κ3) is 3.55. The van der Waals surface area contributed by atoms with Crippen LogP contribution in [0.2, 0.25) is 0 Å². The van der Waals surface area contributed by atoms with Crippen LogP contribution in [0.25, 0.3) is 17.0 Å². The van der Waals surface area contributed by atoms with Gasteiger partial charge in [-0.05, 0) is 45.2 Å². The molecule has 5 heterocycles. The molecule has 4 aromatic rings. The minimum absolute atomic E-state index is 0.0187. The maximum atomic E-state index is 12.9. The van der Waals surface area contributed by atoms with E-state index in [2.05, 4.69) is 22.0 Å². The third-order valence-electron chi connectivity index (χ3n) is 6.24. The highest BCUT2D eigenvalue weighted by Gasteiger charge is 2.29. The van der Waals surface area contributed by atoms with Gasteiger partial charge in [0.1, 0.15) is 23.0 Å². The molecular formula is C24H26N6O2. The normalized spacial score (nSPS) is 14.9. The number of nitrogens with zero attached hydrogens (tertiary/aromatic N) is 6. The van der Waals surface area contributed by atoms with Crippen molar-refractivity contribution in [1.82, 2.24) is 24.7 Å². The zero-order valence-corrected chi connectivity index (χ0v) is 18.6. The molecule has 0 unspecified atom stereocenters. The van der Waals surface area contributed by atoms with Gasteiger partial charge >= 0.3 is 0 Å². The molecule has 1 fully saturated rings. The number of aryl methyl sites for hydroxylation is 2. The monoisotopic (exact) mass is 430 g/mol. The zero-order chi connectivity index (χ0) is 22.2. The number of rotatable bonds is 5. The summed E-state index contributed by atoms with van der Waals surface area (Å²) in [6, 6.07) is 7.50. The van der Waals surface area contributed by atoms with E-state index in [4.69, 9.17) is 14.6 Å². The summed E-state index contributed by atoms with van der Waals surface area (Å²) in [4.78, 5) is 24.1. The minimum Gasteiger partial charge on any atom is -0.361 e. The second kappa shape index (κ2) is 8.18. The molecule has 0 radical (unpaired) electrons. The Hall–Kier alpha value is -3.55. The lowest BCUT2D eigenvalue weighted by atomic mass is 9.89. The van der Waals surface area contributed by atoms with Crippen LogP contribution in [0.5, 0.6) is 0 Å². The van der Waals surface area contributed by atoms with Crippen LogP contribution in [0.3, 0.4) is 0 Å². The number of Topliss-reactive ketones (excluding diaryl/α,β-unsaturated/α-hetero) is 1. The topological polar surface area (TPSA) is 89.4 Å². The molecule has 0 aliphatic carbocycles. The molecule has 164 valence electrons. The molecule has 0 N–H and O–H groups in total. The highest BCUT2D eigenvalue weighted by Crippen LogP contribution is 2.31. The van der Waals surface area contributed by atoms with Crippen molar-refractivity contribution in [2.45, 2.75) is 40.0 Å². The summed E-state index contributed by atoms with van der Waals surface area (Å²) in [5.41, 5.74) is 5.12. The first-order valence-electron chi connectivity index (χ1n) is 11.1. The van der Waals surface area contributed by atoms with Crippen molar-refractivity contribution in [3.8, 4) is 11.4 Å². The molecule has 1 aliphatic rings. The van der Waals surface area contributed by atoms with Crippen LogP contribution >= 0.6 is 0 Å². The van der Waals surface area contributed by atoms with Crippen molar-refractivity contribution in [2.75, 3.05) is 18.0 Å². The fourth-order valence-corrected chi connectivity index (χ4v) is 4.58. The van der Waals surface area contributed by atoms with E-state index in [1.165, 1.54) is 5.56 Å². The molecule has 5 rings (SSSR count). The zero-order valence-electron chi connectivity index (χ0n) is 18.6. The summed E-state index contributed by atoms with van der Waals surface area (Å²) in [5, 5.41) is 8.95. The smallest absolute Gasteiger partial charge is 0.167 e. The SMILES string of the molecule is CCc1c(C)nc2cc(-c3cc(C)on3)nn2c1N1CCC(C(=O)c2cccnc2)CC1. The molecule has 1 aliphatic heterocycles. The van der Waals surface area contributed by atoms with Crippen LogP contribution < -0.4 is 4.90 Å². The van der Waals surface area contributed by atoms with Gasteiger partial charge in [-0.2, -0.15) is 9.61 Å². The number of pyridine rings is 1. The molecule has 0 bridgehead atoms. The molecule has 4 aromatic heterocycles. The van der Waals surface area contributed by atoms with Crippen molar-refractivity contribution in [3.05, 3.63) is 59.2 Å². The fraction of sp³-hybridized carbons (Fsp3) is 0.375. The van der Waals surface area contributed by atoms with E-state index >= 15 is 0 Å². The van der Waals surface area contributed by atoms with Crippen LogP contribution in [-0.2, 0) is 6.42 Å². The maximum Gasteiger partial charge on any atom is 0.167 e. The number of hydrogen-bond donors (Lipinski definition) is 0. The van der Waals surface area contributed by atoms with Gasteiger partial charge in [-0.1, -0.05) is 12.1 Å². The average molecular weight is 431 g/mol. The van der Waals surface area contributed by atoms with Gasteiger partial charge in [-0.25, -0.2) is 4.98 Å². The van der Waals surface area contributed by atoms with Crippen molar-refractivity contribution >= 4 is 17.2 Å². The quantitative estimate of drug-likeness (QED) is 0.441. The predicted molar refractivity (Wildman–Crippen MR) is 121 cm³/mol. The predicted octanol–water partition coefficient (Wildman–Crippen LogP) is 4.06. The molecule has 0 spiro atoms. The highest BCUT2D eigenvalue weighted by molar-refractivity contribution is 5.97. The van der Waals surface area contributed by atoms with E-state index in [1.807, 2.05) is 42.6 Å². The standard InChI is InChI=1S/C24H26N6O2/c1-4-19-16(3)26-22-13-20(21-12-15(2)32-28-21)27-30(22)24(19)29-10-7-17(8-11-29)23(31)18-6-5-9-25-14-18/h5-6,9,12-14,17H,4,7-8,10-11H2,1-3H3. The Kier molecular flexibility index (Phi) is 5.20. The highest BCUT2D eigenvalue weighted by atomic mass is 16.5. The number of ketones is 1. The van der Waals surface area contributed by atoms with Crippen molar-refractivity contribution in [1.29, 1.82) is 0 Å². The Morgan fingerprint density at radius 3 is 2.66 bits per heavy atom. The van der Waals surface area contributed by atoms with Gasteiger partial charge in [0.15, 0.2) is 11.4 Å². The molecule has 32 heavy (non-hydrogen) atoms. The minimum atomic E-state index is 0.0187. The van der Waals surface area contributed by atoms with Gasteiger partial charge in [0, 0.05) is 60.4 Å². The number of aromatic nitrogens is 5. The van der Waals surface area contributed by atoms with Crippen LogP contribution in [0, 0.1) is 19.8 Å². The molecule has 0 amide bonds. The van der Waals surface area contributed by atoms with Gasteiger partial charge < -0.3 is 9.42 Å². The summed E-state index contributed by atoms with van der Waals surface area (Å²) in [7, 11) is 0. The number of carbonyl (C=O) groups is 1. The van der Waals surface area contributed by atoms with E-state index in [1.54, 1.807) is 12.4 Å². The largest absolute Gasteiger partial charge is 0.361 e. The summed E-state index contributed by atoms with van der Waals surface area (Å²) in [6.45, 7) is 7.64. The van der Waals surface area contributed by atoms with Crippen molar-refractivity contribution in [2.24, 2.45) is 5.92 Å². The Labute approximate surface area is 186 Å². The van der Waals surface area contributed by atoms with Crippen LogP contribution in [0.1, 0.15) is 47.1 Å². The summed E-state index contributed by atoms with van der Waals surface area (Å²) < 4.78 is 7.16. The van der Waals surface area contributed by atoms with Crippen molar-refractivity contribution in [3.63, 3.8) is 0 Å². The molecule has 8 nitrogen and oxygen atoms in total. The van der Waals surface area contributed by atoms with E-state index in [0.29, 0.717) is 11.3 Å². The van der Waals surface area contributed by atoms with Crippen LogP contribution in [0.15, 0.2) is 41.2 Å². The Balaban J connectivity index is 1.47. The van der Waals surface area contributed by atoms with E-state index in [-0.39, 0.29) is 11.7 Å². The van der Waals surface area contributed by atoms with E-state index < -0.39 is 0 Å². The first kappa shape index (κ1) is 20.4. The third-order valence-corrected chi connectivity index (χ3v) is 6.24. The molecule has 0 aromatic carbocycles. The lowest BCUT2D eigenvalue weighted by Gasteiger charge is -2.34. The Morgan fingerprint density at radius 2 is 2.00 bits per heavy atom. The Morgan fingerprint density at radius 1 is 1.19 bits per heavy atom. The molecule has 0 atom stereocenters. The first-order chi connectivity index (χ1) is 15.5. The molecule has 0 saturated carbocycles. The lowest BCUT2D eigenvalue weighted by molar-refractivity contribution is 0.0900. The average Bonchev–Trinajstić information content (AvgIpc) is 3.44. The second-order valence-electron chi connectivity index (χ2n) is 8.34. The molecular weight excluding hydrogens is 404 g/mol. The maximum absolute atomic E-state index is 12.9. The number of piperidine rings is 1. The van der Waals surface area contributed by atoms with Gasteiger partial charge in [0.05, 0.1) is 0 Å². The molecule has 8 heteroatoms. The Bertz CT molecular complexity index is 1270. The fourth-order valence-electron chi connectivity index (χ4n) is 4.58. The lowest BCUT2D eigenvalue weighted by Crippen LogP contribution is -2.38. The second-order valence-corrected chi connectivity index (χ2v) is 8.34. The number of anilines is 1. The van der Waals surface area contributed by atoms with Gasteiger partial charge in [0.25, 0.3) is 0 Å². The first-order valence-corrected chi connectivity index (χ1v) is 11.1. The van der Waals surface area contributed by atoms with Crippen LogP contribution in [-0.4, -0.2) is 43.6 Å². The number of hydrogen-bond acceptors (Lipinski definition) is 7. The van der Waals surface area contributed by atoms with Gasteiger partial charge in [-0.15, -0.1) is 0 Å². The van der Waals surface area contributed by atoms with Crippen molar-refractivity contribution < 1.29 is 9.32 Å². The number of carbonyl (C=O) groups excluding carboxylic acids is 1. The summed E-state index contributed by atoms with van der Waals surface area (Å²) in [5.74, 6) is 2.02. The van der Waals surface area contributed by atoms with E-state index in [0.717, 1.165) is 61.0 Å². The summed E-state index contributed by atoms with van der Waals surface area (Å²) in [6.07, 6.45) is 5.82. The molecule has 1 saturated heterocycles. The van der Waals surface area contributed by atoms with Gasteiger partial charge in [0.2, 0.25) is 0 Å². The number of fused-ring (bicyclic) bond motifs is 1. The van der Waals surface area contributed by atoms with Crippen LogP contribution in [0.4, 0.5) is 5.82 Å². The summed E-state index contributed by atoms with van der Waals surface area (Å²) >= 11 is 0.